The van der Waals surface area contributed by atoms with Gasteiger partial charge in [-0.3, -0.25) is 9.69 Å². The molecule has 1 amide bonds. The molecule has 1 N–H and O–H groups in total. The second-order valence-electron chi connectivity index (χ2n) is 6.53. The van der Waals surface area contributed by atoms with Gasteiger partial charge < -0.3 is 5.32 Å². The van der Waals surface area contributed by atoms with E-state index in [1.807, 2.05) is 11.8 Å². The fraction of sp³-hybridized carbons (Fsp3) is 0.611. The Morgan fingerprint density at radius 2 is 2.14 bits per heavy atom. The van der Waals surface area contributed by atoms with Gasteiger partial charge in [-0.15, -0.1) is 0 Å². The molecule has 2 heterocycles. The number of rotatable bonds is 5. The van der Waals surface area contributed by atoms with Crippen LogP contribution in [-0.4, -0.2) is 41.9 Å². The smallest absolute Gasteiger partial charge is 0.224 e. The van der Waals surface area contributed by atoms with Crippen molar-refractivity contribution in [3.8, 4) is 0 Å². The van der Waals surface area contributed by atoms with E-state index in [0.717, 1.165) is 39.0 Å². The molecule has 0 radical (unpaired) electrons. The van der Waals surface area contributed by atoms with Crippen LogP contribution >= 0.6 is 11.8 Å². The van der Waals surface area contributed by atoms with Crippen molar-refractivity contribution in [1.82, 2.24) is 10.2 Å². The van der Waals surface area contributed by atoms with E-state index in [-0.39, 0.29) is 11.8 Å². The Labute approximate surface area is 137 Å². The van der Waals surface area contributed by atoms with Crippen molar-refractivity contribution >= 4 is 17.7 Å². The van der Waals surface area contributed by atoms with Gasteiger partial charge in [-0.05, 0) is 48.8 Å². The highest BCUT2D eigenvalue weighted by molar-refractivity contribution is 7.99. The molecule has 0 unspecified atom stereocenters. The highest BCUT2D eigenvalue weighted by Crippen LogP contribution is 2.23. The van der Waals surface area contributed by atoms with E-state index in [1.54, 1.807) is 0 Å². The molecular formula is C18H26N2OS. The van der Waals surface area contributed by atoms with Crippen molar-refractivity contribution in [3.05, 3.63) is 35.9 Å². The van der Waals surface area contributed by atoms with Crippen molar-refractivity contribution in [2.75, 3.05) is 31.1 Å². The van der Waals surface area contributed by atoms with Gasteiger partial charge in [-0.1, -0.05) is 30.3 Å². The largest absolute Gasteiger partial charge is 0.356 e. The summed E-state index contributed by atoms with van der Waals surface area (Å²) in [7, 11) is 0. The van der Waals surface area contributed by atoms with Crippen LogP contribution in [0.1, 0.15) is 24.8 Å². The maximum atomic E-state index is 12.4. The topological polar surface area (TPSA) is 32.3 Å². The number of thioether (sulfide) groups is 1. The molecule has 3 rings (SSSR count). The summed E-state index contributed by atoms with van der Waals surface area (Å²) in [5, 5.41) is 3.20. The van der Waals surface area contributed by atoms with E-state index in [4.69, 9.17) is 0 Å². The van der Waals surface area contributed by atoms with E-state index < -0.39 is 0 Å². The molecule has 120 valence electrons. The van der Waals surface area contributed by atoms with Crippen LogP contribution in [0.5, 0.6) is 0 Å². The maximum absolute atomic E-state index is 12.4. The fourth-order valence-corrected chi connectivity index (χ4v) is 4.67. The lowest BCUT2D eigenvalue weighted by atomic mass is 9.96. The van der Waals surface area contributed by atoms with Crippen molar-refractivity contribution in [1.29, 1.82) is 0 Å². The minimum absolute atomic E-state index is 0.173. The van der Waals surface area contributed by atoms with Crippen molar-refractivity contribution in [2.24, 2.45) is 11.8 Å². The van der Waals surface area contributed by atoms with Crippen molar-refractivity contribution in [2.45, 2.75) is 25.8 Å². The summed E-state index contributed by atoms with van der Waals surface area (Å²) in [4.78, 5) is 14.8. The summed E-state index contributed by atoms with van der Waals surface area (Å²) in [6.45, 7) is 3.85. The van der Waals surface area contributed by atoms with Crippen LogP contribution in [-0.2, 0) is 11.3 Å². The van der Waals surface area contributed by atoms with Crippen LogP contribution < -0.4 is 5.32 Å². The number of carbonyl (C=O) groups is 1. The van der Waals surface area contributed by atoms with Crippen LogP contribution in [0.3, 0.4) is 0 Å². The van der Waals surface area contributed by atoms with E-state index in [1.165, 1.54) is 23.5 Å². The number of benzene rings is 1. The second-order valence-corrected chi connectivity index (χ2v) is 7.68. The standard InChI is InChI=1S/C18H26N2OS/c21-18(19-11-16-8-10-22-14-16)17-7-4-9-20(13-17)12-15-5-2-1-3-6-15/h1-3,5-6,16-17H,4,7-14H2,(H,19,21)/t16-,17-/m1/s1. The highest BCUT2D eigenvalue weighted by Gasteiger charge is 2.26. The lowest BCUT2D eigenvalue weighted by Crippen LogP contribution is -2.43. The maximum Gasteiger partial charge on any atom is 0.224 e. The molecule has 1 aromatic carbocycles. The fourth-order valence-electron chi connectivity index (χ4n) is 3.39. The summed E-state index contributed by atoms with van der Waals surface area (Å²) in [6.07, 6.45) is 3.43. The molecule has 0 bridgehead atoms. The molecule has 1 aromatic rings. The van der Waals surface area contributed by atoms with Crippen LogP contribution in [0.2, 0.25) is 0 Å². The second kappa shape index (κ2) is 8.02. The van der Waals surface area contributed by atoms with Crippen LogP contribution in [0.15, 0.2) is 30.3 Å². The number of hydrogen-bond acceptors (Lipinski definition) is 3. The SMILES string of the molecule is O=C(NC[C@H]1CCSC1)[C@@H]1CCCN(Cc2ccccc2)C1. The number of carbonyl (C=O) groups excluding carboxylic acids is 1. The predicted octanol–water partition coefficient (Wildman–Crippen LogP) is 2.77. The molecule has 4 heteroatoms. The zero-order valence-corrected chi connectivity index (χ0v) is 14.0. The number of amides is 1. The summed E-state index contributed by atoms with van der Waals surface area (Å²) in [6, 6.07) is 10.6. The van der Waals surface area contributed by atoms with Crippen LogP contribution in [0.25, 0.3) is 0 Å². The summed E-state index contributed by atoms with van der Waals surface area (Å²) in [5.41, 5.74) is 1.34. The summed E-state index contributed by atoms with van der Waals surface area (Å²) < 4.78 is 0. The molecule has 0 saturated carbocycles. The molecule has 0 spiro atoms. The molecule has 2 aliphatic rings. The molecule has 0 aliphatic carbocycles. The number of hydrogen-bond donors (Lipinski definition) is 1. The minimum atomic E-state index is 0.173. The zero-order valence-electron chi connectivity index (χ0n) is 13.2. The molecule has 3 nitrogen and oxygen atoms in total. The average molecular weight is 318 g/mol. The Hall–Kier alpha value is -1.00. The van der Waals surface area contributed by atoms with Crippen LogP contribution in [0.4, 0.5) is 0 Å². The zero-order chi connectivity index (χ0) is 15.2. The van der Waals surface area contributed by atoms with E-state index in [9.17, 15) is 4.79 Å². The van der Waals surface area contributed by atoms with Crippen molar-refractivity contribution in [3.63, 3.8) is 0 Å². The van der Waals surface area contributed by atoms with E-state index >= 15 is 0 Å². The first kappa shape index (κ1) is 15.9. The lowest BCUT2D eigenvalue weighted by Gasteiger charge is -2.32. The Kier molecular flexibility index (Phi) is 5.79. The number of nitrogens with zero attached hydrogens (tertiary/aromatic N) is 1. The molecule has 22 heavy (non-hydrogen) atoms. The first-order chi connectivity index (χ1) is 10.8. The number of piperidine rings is 1. The van der Waals surface area contributed by atoms with Gasteiger partial charge in [0.15, 0.2) is 0 Å². The van der Waals surface area contributed by atoms with Crippen LogP contribution in [0, 0.1) is 11.8 Å². The molecule has 2 fully saturated rings. The Bertz CT molecular complexity index is 473. The Morgan fingerprint density at radius 3 is 2.91 bits per heavy atom. The Balaban J connectivity index is 1.46. The predicted molar refractivity (Wildman–Crippen MR) is 92.9 cm³/mol. The third-order valence-corrected chi connectivity index (χ3v) is 5.95. The normalized spacial score (nSPS) is 26.0. The lowest BCUT2D eigenvalue weighted by molar-refractivity contribution is -0.126. The first-order valence-corrected chi connectivity index (χ1v) is 9.58. The summed E-state index contributed by atoms with van der Waals surface area (Å²) in [5.74, 6) is 3.61. The Morgan fingerprint density at radius 1 is 1.27 bits per heavy atom. The first-order valence-electron chi connectivity index (χ1n) is 8.43. The summed E-state index contributed by atoms with van der Waals surface area (Å²) >= 11 is 2.01. The third-order valence-electron chi connectivity index (χ3n) is 4.71. The average Bonchev–Trinajstić information content (AvgIpc) is 3.07. The third kappa shape index (κ3) is 4.50. The highest BCUT2D eigenvalue weighted by atomic mass is 32.2. The van der Waals surface area contributed by atoms with Gasteiger partial charge >= 0.3 is 0 Å². The van der Waals surface area contributed by atoms with Gasteiger partial charge in [0.25, 0.3) is 0 Å². The van der Waals surface area contributed by atoms with Gasteiger partial charge in [-0.25, -0.2) is 0 Å². The van der Waals surface area contributed by atoms with Gasteiger partial charge in [0.1, 0.15) is 0 Å². The van der Waals surface area contributed by atoms with Gasteiger partial charge in [-0.2, -0.15) is 11.8 Å². The monoisotopic (exact) mass is 318 g/mol. The van der Waals surface area contributed by atoms with E-state index in [2.05, 4.69) is 40.5 Å². The van der Waals surface area contributed by atoms with Crippen molar-refractivity contribution < 1.29 is 4.79 Å². The number of likely N-dealkylation sites (tertiary alicyclic amines) is 1. The molecule has 2 atom stereocenters. The van der Waals surface area contributed by atoms with Gasteiger partial charge in [0.2, 0.25) is 5.91 Å². The minimum Gasteiger partial charge on any atom is -0.356 e. The molecular weight excluding hydrogens is 292 g/mol. The molecule has 0 aromatic heterocycles. The van der Waals surface area contributed by atoms with Gasteiger partial charge in [0.05, 0.1) is 5.92 Å². The molecule has 2 aliphatic heterocycles. The quantitative estimate of drug-likeness (QED) is 0.906. The van der Waals surface area contributed by atoms with E-state index in [0.29, 0.717) is 5.92 Å². The van der Waals surface area contributed by atoms with Gasteiger partial charge in [0, 0.05) is 19.6 Å². The number of nitrogens with one attached hydrogen (secondary N) is 1. The molecule has 2 saturated heterocycles.